The molecular formula is C14H14O6S2. The molecule has 2 aromatic rings. The molecule has 0 aliphatic rings. The van der Waals surface area contributed by atoms with Gasteiger partial charge in [-0.3, -0.25) is 9.11 Å². The molecule has 0 heterocycles. The highest BCUT2D eigenvalue weighted by Crippen LogP contribution is 2.26. The largest absolute Gasteiger partial charge is 0.296 e. The molecule has 0 saturated carbocycles. The van der Waals surface area contributed by atoms with E-state index in [1.54, 1.807) is 0 Å². The minimum Gasteiger partial charge on any atom is -0.282 e. The van der Waals surface area contributed by atoms with Crippen molar-refractivity contribution < 1.29 is 25.9 Å². The summed E-state index contributed by atoms with van der Waals surface area (Å²) >= 11 is 0. The molecule has 0 atom stereocenters. The third-order valence-electron chi connectivity index (χ3n) is 3.12. The average Bonchev–Trinajstić information content (AvgIpc) is 2.44. The Hall–Kier alpha value is -1.74. The van der Waals surface area contributed by atoms with Crippen LogP contribution in [-0.4, -0.2) is 25.9 Å². The first-order valence-electron chi connectivity index (χ1n) is 6.30. The summed E-state index contributed by atoms with van der Waals surface area (Å²) in [6, 6.07) is 12.8. The molecule has 118 valence electrons. The summed E-state index contributed by atoms with van der Waals surface area (Å²) in [5.41, 5.74) is 1.06. The summed E-state index contributed by atoms with van der Waals surface area (Å²) in [4.78, 5) is -1.59. The van der Waals surface area contributed by atoms with Gasteiger partial charge >= 0.3 is 0 Å². The molecule has 8 heteroatoms. The van der Waals surface area contributed by atoms with Gasteiger partial charge in [0.25, 0.3) is 20.2 Å². The van der Waals surface area contributed by atoms with Gasteiger partial charge in [-0.05, 0) is 30.0 Å². The monoisotopic (exact) mass is 342 g/mol. The highest BCUT2D eigenvalue weighted by Gasteiger charge is 2.26. The lowest BCUT2D eigenvalue weighted by Crippen LogP contribution is -2.12. The van der Waals surface area contributed by atoms with Crippen LogP contribution < -0.4 is 0 Å². The first-order valence-corrected chi connectivity index (χ1v) is 9.18. The number of aryl methyl sites for hydroxylation is 2. The van der Waals surface area contributed by atoms with Crippen molar-refractivity contribution in [1.29, 1.82) is 0 Å². The van der Waals surface area contributed by atoms with E-state index in [1.165, 1.54) is 12.1 Å². The SMILES string of the molecule is O=S(=O)(O)c1cccc(CCc2ccccc2)c1S(=O)(=O)O. The van der Waals surface area contributed by atoms with Gasteiger partial charge < -0.3 is 0 Å². The number of benzene rings is 2. The molecule has 2 rings (SSSR count). The zero-order valence-corrected chi connectivity index (χ0v) is 13.0. The van der Waals surface area contributed by atoms with Gasteiger partial charge in [0.2, 0.25) is 0 Å². The van der Waals surface area contributed by atoms with Crippen molar-refractivity contribution in [3.8, 4) is 0 Å². The molecule has 0 unspecified atom stereocenters. The number of rotatable bonds is 5. The van der Waals surface area contributed by atoms with Crippen LogP contribution in [0.3, 0.4) is 0 Å². The molecule has 0 spiro atoms. The van der Waals surface area contributed by atoms with Crippen LogP contribution in [0.15, 0.2) is 58.3 Å². The topological polar surface area (TPSA) is 109 Å². The van der Waals surface area contributed by atoms with Gasteiger partial charge in [0.1, 0.15) is 9.79 Å². The van der Waals surface area contributed by atoms with E-state index in [2.05, 4.69) is 0 Å². The lowest BCUT2D eigenvalue weighted by Gasteiger charge is -2.10. The van der Waals surface area contributed by atoms with Crippen LogP contribution in [-0.2, 0) is 33.1 Å². The predicted octanol–water partition coefficient (Wildman–Crippen LogP) is 1.97. The van der Waals surface area contributed by atoms with E-state index in [9.17, 15) is 21.4 Å². The fraction of sp³-hybridized carbons (Fsp3) is 0.143. The number of hydrogen-bond donors (Lipinski definition) is 2. The molecular weight excluding hydrogens is 328 g/mol. The Bertz CT molecular complexity index is 871. The Morgan fingerprint density at radius 3 is 1.91 bits per heavy atom. The van der Waals surface area contributed by atoms with E-state index >= 15 is 0 Å². The van der Waals surface area contributed by atoms with Crippen LogP contribution in [0.4, 0.5) is 0 Å². The Morgan fingerprint density at radius 2 is 1.36 bits per heavy atom. The van der Waals surface area contributed by atoms with E-state index < -0.39 is 30.0 Å². The van der Waals surface area contributed by atoms with Crippen LogP contribution in [0.2, 0.25) is 0 Å². The Balaban J connectivity index is 2.48. The highest BCUT2D eigenvalue weighted by atomic mass is 32.2. The summed E-state index contributed by atoms with van der Waals surface area (Å²) in [6.07, 6.45) is 0.654. The maximum Gasteiger partial charge on any atom is 0.296 e. The molecule has 2 N–H and O–H groups in total. The molecule has 6 nitrogen and oxygen atoms in total. The molecule has 2 aromatic carbocycles. The summed E-state index contributed by atoms with van der Waals surface area (Å²) in [7, 11) is -9.55. The quantitative estimate of drug-likeness (QED) is 0.804. The van der Waals surface area contributed by atoms with Crippen molar-refractivity contribution in [3.63, 3.8) is 0 Å². The molecule has 22 heavy (non-hydrogen) atoms. The normalized spacial score (nSPS) is 12.3. The standard InChI is InChI=1S/C14H14O6S2/c15-21(16,17)13-8-4-7-12(14(13)22(18,19)20)10-9-11-5-2-1-3-6-11/h1-8H,9-10H2,(H,15,16,17)(H,18,19,20). The first kappa shape index (κ1) is 16.6. The third kappa shape index (κ3) is 3.92. The molecule has 0 bridgehead atoms. The minimum absolute atomic E-state index is 0.126. The second-order valence-electron chi connectivity index (χ2n) is 4.68. The average molecular weight is 342 g/mol. The van der Waals surface area contributed by atoms with Gasteiger partial charge in [-0.25, -0.2) is 0 Å². The van der Waals surface area contributed by atoms with Gasteiger partial charge in [0.15, 0.2) is 0 Å². The third-order valence-corrected chi connectivity index (χ3v) is 5.15. The molecule has 0 fully saturated rings. The fourth-order valence-electron chi connectivity index (χ4n) is 2.18. The van der Waals surface area contributed by atoms with Gasteiger partial charge in [-0.1, -0.05) is 42.5 Å². The maximum absolute atomic E-state index is 11.5. The minimum atomic E-state index is -4.79. The van der Waals surface area contributed by atoms with Crippen molar-refractivity contribution in [3.05, 3.63) is 59.7 Å². The highest BCUT2D eigenvalue weighted by molar-refractivity contribution is 7.89. The fourth-order valence-corrected chi connectivity index (χ4v) is 4.25. The van der Waals surface area contributed by atoms with Crippen LogP contribution in [0, 0.1) is 0 Å². The molecule has 0 aromatic heterocycles. The van der Waals surface area contributed by atoms with E-state index in [-0.39, 0.29) is 12.0 Å². The Morgan fingerprint density at radius 1 is 0.727 bits per heavy atom. The molecule has 0 radical (unpaired) electrons. The van der Waals surface area contributed by atoms with Gasteiger partial charge in [-0.15, -0.1) is 0 Å². The number of hydrogen-bond acceptors (Lipinski definition) is 4. The Labute approximate surface area is 128 Å². The molecule has 0 amide bonds. The van der Waals surface area contributed by atoms with E-state index in [4.69, 9.17) is 4.55 Å². The Kier molecular flexibility index (Phi) is 4.66. The summed E-state index contributed by atoms with van der Waals surface area (Å²) in [6.45, 7) is 0. The first-order chi connectivity index (χ1) is 10.2. The van der Waals surface area contributed by atoms with Crippen molar-refractivity contribution in [1.82, 2.24) is 0 Å². The second kappa shape index (κ2) is 6.17. The van der Waals surface area contributed by atoms with Crippen molar-refractivity contribution >= 4 is 20.2 Å². The molecule has 0 saturated heterocycles. The molecule has 0 aliphatic heterocycles. The summed E-state index contributed by atoms with van der Waals surface area (Å²) in [5.74, 6) is 0. The van der Waals surface area contributed by atoms with Crippen LogP contribution in [0.5, 0.6) is 0 Å². The summed E-state index contributed by atoms with van der Waals surface area (Å²) in [5, 5.41) is 0. The van der Waals surface area contributed by atoms with Crippen molar-refractivity contribution in [2.75, 3.05) is 0 Å². The summed E-state index contributed by atoms with van der Waals surface area (Å²) < 4.78 is 64.1. The van der Waals surface area contributed by atoms with Crippen molar-refractivity contribution in [2.45, 2.75) is 22.6 Å². The second-order valence-corrected chi connectivity index (χ2v) is 7.43. The van der Waals surface area contributed by atoms with Crippen LogP contribution in [0.25, 0.3) is 0 Å². The lowest BCUT2D eigenvalue weighted by molar-refractivity contribution is 0.465. The molecule has 0 aliphatic carbocycles. The van der Waals surface area contributed by atoms with Gasteiger partial charge in [0.05, 0.1) is 0 Å². The van der Waals surface area contributed by atoms with Gasteiger partial charge in [-0.2, -0.15) is 16.8 Å². The van der Waals surface area contributed by atoms with Gasteiger partial charge in [0, 0.05) is 0 Å². The van der Waals surface area contributed by atoms with E-state index in [1.807, 2.05) is 30.3 Å². The lowest BCUT2D eigenvalue weighted by atomic mass is 10.0. The maximum atomic E-state index is 11.5. The van der Waals surface area contributed by atoms with Crippen LogP contribution >= 0.6 is 0 Å². The smallest absolute Gasteiger partial charge is 0.282 e. The van der Waals surface area contributed by atoms with E-state index in [0.29, 0.717) is 6.42 Å². The van der Waals surface area contributed by atoms with Crippen LogP contribution in [0.1, 0.15) is 11.1 Å². The van der Waals surface area contributed by atoms with E-state index in [0.717, 1.165) is 11.6 Å². The predicted molar refractivity (Wildman–Crippen MR) is 79.9 cm³/mol. The zero-order chi connectivity index (χ0) is 16.4. The van der Waals surface area contributed by atoms with Crippen molar-refractivity contribution in [2.24, 2.45) is 0 Å². The zero-order valence-electron chi connectivity index (χ0n) is 11.4.